The van der Waals surface area contributed by atoms with E-state index >= 15 is 0 Å². The van der Waals surface area contributed by atoms with Crippen LogP contribution in [0.4, 0.5) is 5.69 Å². The molecule has 0 aliphatic heterocycles. The summed E-state index contributed by atoms with van der Waals surface area (Å²) >= 11 is 0. The monoisotopic (exact) mass is 256 g/mol. The molecule has 2 aromatic carbocycles. The number of ether oxygens (including phenoxy) is 1. The van der Waals surface area contributed by atoms with Crippen LogP contribution in [0.2, 0.25) is 0 Å². The number of nitrogen functional groups attached to an aromatic ring is 1. The van der Waals surface area contributed by atoms with Gasteiger partial charge in [0, 0.05) is 5.69 Å². The van der Waals surface area contributed by atoms with E-state index in [1.54, 1.807) is 0 Å². The van der Waals surface area contributed by atoms with Crippen LogP contribution in [-0.2, 0) is 0 Å². The Balaban J connectivity index is 2.26. The largest absolute Gasteiger partial charge is 0.494 e. The number of rotatable bonds is 5. The Morgan fingerprint density at radius 3 is 2.42 bits per heavy atom. The van der Waals surface area contributed by atoms with E-state index in [-0.39, 0.29) is 6.04 Å². The predicted molar refractivity (Wildman–Crippen MR) is 79.4 cm³/mol. The van der Waals surface area contributed by atoms with Gasteiger partial charge in [-0.1, -0.05) is 24.3 Å². The molecule has 3 nitrogen and oxygen atoms in total. The molecule has 2 rings (SSSR count). The van der Waals surface area contributed by atoms with E-state index in [9.17, 15) is 0 Å². The molecule has 0 heterocycles. The fraction of sp³-hybridized carbons (Fsp3) is 0.250. The maximum absolute atomic E-state index is 5.85. The highest BCUT2D eigenvalue weighted by Crippen LogP contribution is 2.25. The molecule has 0 aromatic heterocycles. The summed E-state index contributed by atoms with van der Waals surface area (Å²) in [6.07, 6.45) is 0. The summed E-state index contributed by atoms with van der Waals surface area (Å²) in [5, 5.41) is 3.32. The number of benzene rings is 2. The summed E-state index contributed by atoms with van der Waals surface area (Å²) in [7, 11) is 1.95. The first-order valence-electron chi connectivity index (χ1n) is 6.50. The molecule has 100 valence electrons. The zero-order valence-corrected chi connectivity index (χ0v) is 11.4. The van der Waals surface area contributed by atoms with Crippen molar-refractivity contribution in [3.63, 3.8) is 0 Å². The van der Waals surface area contributed by atoms with Crippen LogP contribution in [0.15, 0.2) is 48.5 Å². The number of nitrogens with two attached hydrogens (primary N) is 1. The second kappa shape index (κ2) is 6.25. The molecule has 1 unspecified atom stereocenters. The van der Waals surface area contributed by atoms with Crippen molar-refractivity contribution in [1.82, 2.24) is 5.32 Å². The van der Waals surface area contributed by atoms with E-state index in [1.807, 2.05) is 44.3 Å². The van der Waals surface area contributed by atoms with Crippen LogP contribution in [-0.4, -0.2) is 13.7 Å². The van der Waals surface area contributed by atoms with Gasteiger partial charge in [-0.15, -0.1) is 0 Å². The fourth-order valence-electron chi connectivity index (χ4n) is 2.19. The third kappa shape index (κ3) is 3.26. The van der Waals surface area contributed by atoms with Gasteiger partial charge in [0.2, 0.25) is 0 Å². The molecule has 0 spiro atoms. The Labute approximate surface area is 114 Å². The number of hydrogen-bond donors (Lipinski definition) is 2. The molecule has 0 radical (unpaired) electrons. The van der Waals surface area contributed by atoms with Gasteiger partial charge in [0.1, 0.15) is 5.75 Å². The predicted octanol–water partition coefficient (Wildman–Crippen LogP) is 2.98. The first-order valence-corrected chi connectivity index (χ1v) is 6.50. The van der Waals surface area contributed by atoms with Crippen LogP contribution >= 0.6 is 0 Å². The van der Waals surface area contributed by atoms with Crippen molar-refractivity contribution in [1.29, 1.82) is 0 Å². The lowest BCUT2D eigenvalue weighted by Gasteiger charge is -2.18. The maximum atomic E-state index is 5.85. The Kier molecular flexibility index (Phi) is 4.42. The van der Waals surface area contributed by atoms with Crippen LogP contribution in [0.25, 0.3) is 0 Å². The van der Waals surface area contributed by atoms with Gasteiger partial charge in [0.15, 0.2) is 0 Å². The molecule has 3 heteroatoms. The van der Waals surface area contributed by atoms with Gasteiger partial charge in [-0.3, -0.25) is 0 Å². The van der Waals surface area contributed by atoms with Gasteiger partial charge in [-0.2, -0.15) is 0 Å². The van der Waals surface area contributed by atoms with Crippen LogP contribution in [0.1, 0.15) is 24.1 Å². The highest BCUT2D eigenvalue weighted by molar-refractivity contribution is 5.44. The highest BCUT2D eigenvalue weighted by Gasteiger charge is 2.11. The molecule has 0 saturated carbocycles. The molecule has 0 amide bonds. The molecule has 0 aliphatic rings. The first kappa shape index (κ1) is 13.4. The number of nitrogens with one attached hydrogen (secondary N) is 1. The Morgan fingerprint density at radius 1 is 1.11 bits per heavy atom. The topological polar surface area (TPSA) is 47.3 Å². The van der Waals surface area contributed by atoms with Crippen molar-refractivity contribution >= 4 is 5.69 Å². The molecule has 0 aliphatic carbocycles. The molecule has 3 N–H and O–H groups in total. The Bertz CT molecular complexity index is 523. The second-order valence-electron chi connectivity index (χ2n) is 4.39. The average molecular weight is 256 g/mol. The average Bonchev–Trinajstić information content (AvgIpc) is 2.42. The highest BCUT2D eigenvalue weighted by atomic mass is 16.5. The molecular formula is C16H20N2O. The molecular weight excluding hydrogens is 236 g/mol. The van der Waals surface area contributed by atoms with Gasteiger partial charge in [0.05, 0.1) is 12.6 Å². The Morgan fingerprint density at radius 2 is 1.84 bits per heavy atom. The van der Waals surface area contributed by atoms with Crippen molar-refractivity contribution in [3.05, 3.63) is 59.7 Å². The second-order valence-corrected chi connectivity index (χ2v) is 4.39. The zero-order valence-electron chi connectivity index (χ0n) is 11.4. The SMILES string of the molecule is CCOc1ccc(C(NC)c2cccc(N)c2)cc1. The standard InChI is InChI=1S/C16H20N2O/c1-3-19-15-9-7-12(8-10-15)16(18-2)13-5-4-6-14(17)11-13/h4-11,16,18H,3,17H2,1-2H3. The third-order valence-electron chi connectivity index (χ3n) is 3.06. The summed E-state index contributed by atoms with van der Waals surface area (Å²) < 4.78 is 5.46. The Hall–Kier alpha value is -2.00. The van der Waals surface area contributed by atoms with E-state index in [2.05, 4.69) is 23.5 Å². The summed E-state index contributed by atoms with van der Waals surface area (Å²) in [5.74, 6) is 0.897. The fourth-order valence-corrected chi connectivity index (χ4v) is 2.19. The molecule has 0 saturated heterocycles. The lowest BCUT2D eigenvalue weighted by atomic mass is 9.98. The van der Waals surface area contributed by atoms with Crippen molar-refractivity contribution in [2.24, 2.45) is 0 Å². The number of anilines is 1. The molecule has 0 bridgehead atoms. The summed E-state index contributed by atoms with van der Waals surface area (Å²) in [4.78, 5) is 0. The van der Waals surface area contributed by atoms with Gasteiger partial charge in [-0.05, 0) is 49.4 Å². The smallest absolute Gasteiger partial charge is 0.119 e. The van der Waals surface area contributed by atoms with Gasteiger partial charge in [-0.25, -0.2) is 0 Å². The lowest BCUT2D eigenvalue weighted by Crippen LogP contribution is -2.17. The maximum Gasteiger partial charge on any atom is 0.119 e. The minimum absolute atomic E-state index is 0.138. The van der Waals surface area contributed by atoms with E-state index in [0.29, 0.717) is 6.61 Å². The van der Waals surface area contributed by atoms with Crippen molar-refractivity contribution in [2.75, 3.05) is 19.4 Å². The quantitative estimate of drug-likeness (QED) is 0.808. The minimum atomic E-state index is 0.138. The van der Waals surface area contributed by atoms with Gasteiger partial charge >= 0.3 is 0 Å². The van der Waals surface area contributed by atoms with E-state index in [4.69, 9.17) is 10.5 Å². The van der Waals surface area contributed by atoms with E-state index < -0.39 is 0 Å². The third-order valence-corrected chi connectivity index (χ3v) is 3.06. The number of hydrogen-bond acceptors (Lipinski definition) is 3. The normalized spacial score (nSPS) is 12.1. The first-order chi connectivity index (χ1) is 9.24. The zero-order chi connectivity index (χ0) is 13.7. The van der Waals surface area contributed by atoms with Crippen molar-refractivity contribution in [2.45, 2.75) is 13.0 Å². The van der Waals surface area contributed by atoms with Crippen LogP contribution in [0.3, 0.4) is 0 Å². The van der Waals surface area contributed by atoms with Crippen LogP contribution in [0, 0.1) is 0 Å². The van der Waals surface area contributed by atoms with Gasteiger partial charge < -0.3 is 15.8 Å². The summed E-state index contributed by atoms with van der Waals surface area (Å²) in [6.45, 7) is 2.67. The van der Waals surface area contributed by atoms with E-state index in [1.165, 1.54) is 5.56 Å². The van der Waals surface area contributed by atoms with Gasteiger partial charge in [0.25, 0.3) is 0 Å². The minimum Gasteiger partial charge on any atom is -0.494 e. The molecule has 1 atom stereocenters. The van der Waals surface area contributed by atoms with Crippen molar-refractivity contribution < 1.29 is 4.74 Å². The van der Waals surface area contributed by atoms with E-state index in [0.717, 1.165) is 17.0 Å². The summed E-state index contributed by atoms with van der Waals surface area (Å²) in [6, 6.07) is 16.2. The molecule has 19 heavy (non-hydrogen) atoms. The van der Waals surface area contributed by atoms with Crippen LogP contribution < -0.4 is 15.8 Å². The van der Waals surface area contributed by atoms with Crippen molar-refractivity contribution in [3.8, 4) is 5.75 Å². The molecule has 0 fully saturated rings. The summed E-state index contributed by atoms with van der Waals surface area (Å²) in [5.41, 5.74) is 8.98. The van der Waals surface area contributed by atoms with Crippen LogP contribution in [0.5, 0.6) is 5.75 Å². The lowest BCUT2D eigenvalue weighted by molar-refractivity contribution is 0.340. The molecule has 2 aromatic rings.